The summed E-state index contributed by atoms with van der Waals surface area (Å²) in [5, 5.41) is 0. The van der Waals surface area contributed by atoms with E-state index < -0.39 is 8.80 Å². The number of rotatable bonds is 9. The van der Waals surface area contributed by atoms with E-state index in [1.807, 2.05) is 6.08 Å². The van der Waals surface area contributed by atoms with Crippen LogP contribution in [0.5, 0.6) is 5.75 Å². The quantitative estimate of drug-likeness (QED) is 0.318. The molecule has 0 N–H and O–H groups in total. The number of aryl methyl sites for hydroxylation is 1. The summed E-state index contributed by atoms with van der Waals surface area (Å²) < 4.78 is 6.50. The van der Waals surface area contributed by atoms with Crippen molar-refractivity contribution in [2.75, 3.05) is 13.1 Å². The third kappa shape index (κ3) is 9.17. The zero-order chi connectivity index (χ0) is 22.9. The molecule has 165 valence electrons. The van der Waals surface area contributed by atoms with Crippen molar-refractivity contribution in [3.63, 3.8) is 0 Å². The summed E-state index contributed by atoms with van der Waals surface area (Å²) in [4.78, 5) is 2.40. The van der Waals surface area contributed by atoms with Gasteiger partial charge >= 0.3 is 0 Å². The van der Waals surface area contributed by atoms with E-state index >= 15 is 0 Å². The monoisotopic (exact) mass is 432 g/mol. The highest BCUT2D eigenvalue weighted by Crippen LogP contribution is 2.26. The average molecular weight is 433 g/mol. The Morgan fingerprint density at radius 2 is 1.81 bits per heavy atom. The van der Waals surface area contributed by atoms with Crippen LogP contribution in [0.15, 0.2) is 60.7 Å². The fourth-order valence-corrected chi connectivity index (χ4v) is 4.43. The topological polar surface area (TPSA) is 12.5 Å². The number of ether oxygens (including phenoxy) is 1. The lowest BCUT2D eigenvalue weighted by Gasteiger charge is -2.23. The first-order chi connectivity index (χ1) is 14.7. The highest BCUT2D eigenvalue weighted by molar-refractivity contribution is 6.57. The van der Waals surface area contributed by atoms with Gasteiger partial charge in [0.2, 0.25) is 0 Å². The van der Waals surface area contributed by atoms with E-state index in [-0.39, 0.29) is 11.1 Å². The van der Waals surface area contributed by atoms with Gasteiger partial charge in [0.25, 0.3) is 0 Å². The zero-order valence-corrected chi connectivity index (χ0v) is 21.3. The summed E-state index contributed by atoms with van der Waals surface area (Å²) in [5.74, 6) is 7.36. The Morgan fingerprint density at radius 3 is 2.42 bits per heavy atom. The SMILES string of the molecule is CCN(C/C=C/C#CC(C)(C)C)Cc1cccc(OC(c2ccc(C)cc2)[Si](C)C)c1. The lowest BCUT2D eigenvalue weighted by molar-refractivity contribution is 0.278. The van der Waals surface area contributed by atoms with E-state index in [9.17, 15) is 0 Å². The zero-order valence-electron chi connectivity index (χ0n) is 20.3. The minimum Gasteiger partial charge on any atom is -0.490 e. The second-order valence-electron chi connectivity index (χ2n) is 9.38. The maximum Gasteiger partial charge on any atom is 0.120 e. The molecule has 0 bridgehead atoms. The Bertz CT molecular complexity index is 897. The summed E-state index contributed by atoms with van der Waals surface area (Å²) in [7, 11) is -0.658. The molecule has 0 aliphatic heterocycles. The Labute approximate surface area is 191 Å². The highest BCUT2D eigenvalue weighted by atomic mass is 28.3. The van der Waals surface area contributed by atoms with Gasteiger partial charge in [0.15, 0.2) is 0 Å². The Kier molecular flexibility index (Phi) is 9.62. The lowest BCUT2D eigenvalue weighted by atomic mass is 9.98. The molecule has 0 saturated carbocycles. The number of benzene rings is 2. The van der Waals surface area contributed by atoms with Crippen molar-refractivity contribution in [2.24, 2.45) is 5.41 Å². The van der Waals surface area contributed by atoms with Gasteiger partial charge in [-0.1, -0.05) is 79.9 Å². The summed E-state index contributed by atoms with van der Waals surface area (Å²) in [6, 6.07) is 17.3. The van der Waals surface area contributed by atoms with Crippen molar-refractivity contribution in [3.8, 4) is 17.6 Å². The predicted molar refractivity (Wildman–Crippen MR) is 136 cm³/mol. The number of hydrogen-bond acceptors (Lipinski definition) is 2. The van der Waals surface area contributed by atoms with E-state index in [2.05, 4.69) is 119 Å². The van der Waals surface area contributed by atoms with Gasteiger partial charge in [-0.2, -0.15) is 0 Å². The molecule has 0 heterocycles. The molecule has 2 rings (SSSR count). The maximum absolute atomic E-state index is 6.50. The van der Waals surface area contributed by atoms with Crippen LogP contribution >= 0.6 is 0 Å². The number of allylic oxidation sites excluding steroid dienone is 1. The minimum absolute atomic E-state index is 0.0454. The molecule has 1 radical (unpaired) electrons. The van der Waals surface area contributed by atoms with Gasteiger partial charge in [-0.05, 0) is 63.6 Å². The first-order valence-electron chi connectivity index (χ1n) is 11.2. The van der Waals surface area contributed by atoms with E-state index in [0.717, 1.165) is 25.4 Å². The van der Waals surface area contributed by atoms with Crippen LogP contribution in [-0.4, -0.2) is 26.8 Å². The van der Waals surface area contributed by atoms with Crippen molar-refractivity contribution in [1.82, 2.24) is 4.90 Å². The van der Waals surface area contributed by atoms with Crippen molar-refractivity contribution >= 4 is 8.80 Å². The lowest BCUT2D eigenvalue weighted by Crippen LogP contribution is -2.23. The molecule has 0 aliphatic rings. The van der Waals surface area contributed by atoms with E-state index in [1.165, 1.54) is 16.7 Å². The molecule has 0 amide bonds. The molecule has 0 spiro atoms. The van der Waals surface area contributed by atoms with Crippen LogP contribution in [0.2, 0.25) is 13.1 Å². The van der Waals surface area contributed by atoms with Crippen LogP contribution in [0.3, 0.4) is 0 Å². The standard InChI is InChI=1S/C28H38NOSi/c1-8-29(20-11-9-10-19-28(3,4)5)22-24-13-12-14-26(21-24)30-27(31(6)7)25-17-15-23(2)16-18-25/h9,11-18,21,27H,8,20,22H2,1-7H3/b11-9+. The summed E-state index contributed by atoms with van der Waals surface area (Å²) in [6.45, 7) is 18.1. The Hall–Kier alpha value is -2.28. The van der Waals surface area contributed by atoms with E-state index in [1.54, 1.807) is 0 Å². The number of nitrogens with zero attached hydrogens (tertiary/aromatic N) is 1. The fraction of sp³-hybridized carbons (Fsp3) is 0.429. The van der Waals surface area contributed by atoms with Gasteiger partial charge in [0.05, 0.1) is 0 Å². The van der Waals surface area contributed by atoms with Crippen LogP contribution in [0.1, 0.15) is 50.1 Å². The maximum atomic E-state index is 6.50. The molecule has 2 aromatic carbocycles. The summed E-state index contributed by atoms with van der Waals surface area (Å²) in [5.41, 5.74) is 4.02. The highest BCUT2D eigenvalue weighted by Gasteiger charge is 2.19. The Balaban J connectivity index is 2.04. The van der Waals surface area contributed by atoms with Crippen LogP contribution in [-0.2, 0) is 6.54 Å². The molecule has 0 aliphatic carbocycles. The van der Waals surface area contributed by atoms with Gasteiger partial charge in [-0.15, -0.1) is 0 Å². The molecule has 1 atom stereocenters. The molecule has 2 aromatic rings. The molecule has 3 heteroatoms. The molecular formula is C28H38NOSi. The predicted octanol–water partition coefficient (Wildman–Crippen LogP) is 6.84. The third-order valence-electron chi connectivity index (χ3n) is 4.92. The van der Waals surface area contributed by atoms with Gasteiger partial charge in [-0.3, -0.25) is 4.90 Å². The molecule has 0 saturated heterocycles. The average Bonchev–Trinajstić information content (AvgIpc) is 2.71. The molecular weight excluding hydrogens is 394 g/mol. The van der Waals surface area contributed by atoms with E-state index in [4.69, 9.17) is 4.74 Å². The van der Waals surface area contributed by atoms with Crippen molar-refractivity contribution < 1.29 is 4.74 Å². The van der Waals surface area contributed by atoms with Crippen molar-refractivity contribution in [1.29, 1.82) is 0 Å². The van der Waals surface area contributed by atoms with Gasteiger partial charge in [-0.25, -0.2) is 0 Å². The normalized spacial score (nSPS) is 12.8. The molecule has 0 aromatic heterocycles. The van der Waals surface area contributed by atoms with Crippen LogP contribution in [0.4, 0.5) is 0 Å². The first kappa shape index (κ1) is 25.0. The van der Waals surface area contributed by atoms with Crippen molar-refractivity contribution in [2.45, 2.75) is 60.0 Å². The van der Waals surface area contributed by atoms with Gasteiger partial charge in [0.1, 0.15) is 20.3 Å². The van der Waals surface area contributed by atoms with Crippen LogP contribution in [0.25, 0.3) is 0 Å². The molecule has 31 heavy (non-hydrogen) atoms. The van der Waals surface area contributed by atoms with Gasteiger partial charge < -0.3 is 4.74 Å². The number of likely N-dealkylation sites (N-methyl/N-ethyl adjacent to an activating group) is 1. The number of hydrogen-bond donors (Lipinski definition) is 0. The second-order valence-corrected chi connectivity index (χ2v) is 12.1. The molecule has 1 unspecified atom stereocenters. The van der Waals surface area contributed by atoms with Gasteiger partial charge in [0, 0.05) is 18.5 Å². The smallest absolute Gasteiger partial charge is 0.120 e. The minimum atomic E-state index is -0.658. The molecule has 2 nitrogen and oxygen atoms in total. The Morgan fingerprint density at radius 1 is 1.10 bits per heavy atom. The summed E-state index contributed by atoms with van der Waals surface area (Å²) >= 11 is 0. The second kappa shape index (κ2) is 11.9. The third-order valence-corrected chi connectivity index (χ3v) is 6.42. The van der Waals surface area contributed by atoms with Crippen LogP contribution in [0, 0.1) is 24.2 Å². The summed E-state index contributed by atoms with van der Waals surface area (Å²) in [6.07, 6.45) is 4.13. The first-order valence-corrected chi connectivity index (χ1v) is 13.8. The largest absolute Gasteiger partial charge is 0.490 e. The van der Waals surface area contributed by atoms with Crippen molar-refractivity contribution in [3.05, 3.63) is 77.4 Å². The fourth-order valence-electron chi connectivity index (χ4n) is 3.20. The van der Waals surface area contributed by atoms with Crippen LogP contribution < -0.4 is 4.74 Å². The molecule has 0 fully saturated rings. The van der Waals surface area contributed by atoms with E-state index in [0.29, 0.717) is 0 Å².